The Hall–Kier alpha value is -1.00. The highest BCUT2D eigenvalue weighted by Crippen LogP contribution is 2.23. The summed E-state index contributed by atoms with van der Waals surface area (Å²) in [7, 11) is 0. The molecule has 1 aliphatic rings. The van der Waals surface area contributed by atoms with Crippen molar-refractivity contribution in [2.75, 3.05) is 13.2 Å². The maximum atomic E-state index is 5.28. The predicted molar refractivity (Wildman–Crippen MR) is 55.3 cm³/mol. The highest BCUT2D eigenvalue weighted by molar-refractivity contribution is 5.26. The van der Waals surface area contributed by atoms with Crippen molar-refractivity contribution in [1.29, 1.82) is 0 Å². The summed E-state index contributed by atoms with van der Waals surface area (Å²) in [6.45, 7) is 5.47. The van der Waals surface area contributed by atoms with Gasteiger partial charge < -0.3 is 4.74 Å². The lowest BCUT2D eigenvalue weighted by molar-refractivity contribution is 0.190. The van der Waals surface area contributed by atoms with Crippen LogP contribution in [0.3, 0.4) is 0 Å². The SMILES string of the molecule is C#CCOCC1=CCC(C)=C(C)C1. The maximum absolute atomic E-state index is 5.28. The van der Waals surface area contributed by atoms with E-state index in [1.165, 1.54) is 16.7 Å². The fraction of sp³-hybridized carbons (Fsp3) is 0.500. The van der Waals surface area contributed by atoms with Gasteiger partial charge in [0.25, 0.3) is 0 Å². The highest BCUT2D eigenvalue weighted by atomic mass is 16.5. The van der Waals surface area contributed by atoms with E-state index in [4.69, 9.17) is 11.2 Å². The minimum absolute atomic E-state index is 0.416. The molecule has 0 aromatic carbocycles. The van der Waals surface area contributed by atoms with Gasteiger partial charge in [-0.05, 0) is 32.3 Å². The van der Waals surface area contributed by atoms with Gasteiger partial charge in [-0.15, -0.1) is 6.42 Å². The highest BCUT2D eigenvalue weighted by Gasteiger charge is 2.07. The van der Waals surface area contributed by atoms with Gasteiger partial charge in [0.2, 0.25) is 0 Å². The average Bonchev–Trinajstić information content (AvgIpc) is 2.12. The summed E-state index contributed by atoms with van der Waals surface area (Å²) in [4.78, 5) is 0. The molecule has 1 heteroatoms. The van der Waals surface area contributed by atoms with Gasteiger partial charge >= 0.3 is 0 Å². The topological polar surface area (TPSA) is 9.23 Å². The third-order valence-corrected chi connectivity index (χ3v) is 2.39. The lowest BCUT2D eigenvalue weighted by Crippen LogP contribution is -2.03. The van der Waals surface area contributed by atoms with Gasteiger partial charge in [-0.25, -0.2) is 0 Å². The van der Waals surface area contributed by atoms with Crippen LogP contribution < -0.4 is 0 Å². The number of allylic oxidation sites excluding steroid dienone is 3. The molecule has 1 rings (SSSR count). The van der Waals surface area contributed by atoms with E-state index in [-0.39, 0.29) is 0 Å². The van der Waals surface area contributed by atoms with Crippen molar-refractivity contribution in [3.63, 3.8) is 0 Å². The molecule has 1 aliphatic carbocycles. The summed E-state index contributed by atoms with van der Waals surface area (Å²) in [5.74, 6) is 2.47. The van der Waals surface area contributed by atoms with Gasteiger partial charge in [0.05, 0.1) is 6.61 Å². The first-order valence-corrected chi connectivity index (χ1v) is 4.58. The van der Waals surface area contributed by atoms with Crippen LogP contribution >= 0.6 is 0 Å². The lowest BCUT2D eigenvalue weighted by Gasteiger charge is -2.15. The van der Waals surface area contributed by atoms with Crippen LogP contribution in [0.4, 0.5) is 0 Å². The first kappa shape index (κ1) is 10.1. The molecule has 13 heavy (non-hydrogen) atoms. The summed E-state index contributed by atoms with van der Waals surface area (Å²) in [6, 6.07) is 0. The van der Waals surface area contributed by atoms with E-state index in [9.17, 15) is 0 Å². The summed E-state index contributed by atoms with van der Waals surface area (Å²) in [6.07, 6.45) is 9.46. The Labute approximate surface area is 80.5 Å². The van der Waals surface area contributed by atoms with Crippen LogP contribution in [-0.2, 0) is 4.74 Å². The van der Waals surface area contributed by atoms with Crippen LogP contribution in [0.25, 0.3) is 0 Å². The molecule has 0 unspecified atom stereocenters. The minimum Gasteiger partial charge on any atom is -0.364 e. The Morgan fingerprint density at radius 3 is 2.85 bits per heavy atom. The summed E-state index contributed by atoms with van der Waals surface area (Å²) in [5.41, 5.74) is 4.32. The van der Waals surface area contributed by atoms with E-state index in [1.807, 2.05) is 0 Å². The molecule has 0 bridgehead atoms. The smallest absolute Gasteiger partial charge is 0.107 e. The second kappa shape index (κ2) is 4.89. The van der Waals surface area contributed by atoms with Gasteiger partial charge in [0.15, 0.2) is 0 Å². The number of ether oxygens (including phenoxy) is 1. The van der Waals surface area contributed by atoms with Crippen molar-refractivity contribution in [3.8, 4) is 12.3 Å². The first-order valence-electron chi connectivity index (χ1n) is 4.58. The summed E-state index contributed by atoms with van der Waals surface area (Å²) >= 11 is 0. The molecule has 0 saturated carbocycles. The van der Waals surface area contributed by atoms with Crippen molar-refractivity contribution in [2.24, 2.45) is 0 Å². The number of hydrogen-bond acceptors (Lipinski definition) is 1. The predicted octanol–water partition coefficient (Wildman–Crippen LogP) is 2.69. The molecular formula is C12H16O. The second-order valence-corrected chi connectivity index (χ2v) is 3.50. The Morgan fingerprint density at radius 2 is 2.23 bits per heavy atom. The third kappa shape index (κ3) is 3.08. The zero-order valence-corrected chi connectivity index (χ0v) is 8.39. The van der Waals surface area contributed by atoms with Gasteiger partial charge in [-0.1, -0.05) is 23.1 Å². The Bertz CT molecular complexity index is 276. The fourth-order valence-corrected chi connectivity index (χ4v) is 1.39. The molecular weight excluding hydrogens is 160 g/mol. The van der Waals surface area contributed by atoms with Crippen molar-refractivity contribution in [1.82, 2.24) is 0 Å². The van der Waals surface area contributed by atoms with E-state index >= 15 is 0 Å². The van der Waals surface area contributed by atoms with Crippen LogP contribution in [0.5, 0.6) is 0 Å². The van der Waals surface area contributed by atoms with Crippen LogP contribution in [0.15, 0.2) is 22.8 Å². The van der Waals surface area contributed by atoms with Gasteiger partial charge in [0.1, 0.15) is 6.61 Å². The monoisotopic (exact) mass is 176 g/mol. The Balaban J connectivity index is 2.36. The zero-order valence-electron chi connectivity index (χ0n) is 8.39. The number of rotatable bonds is 3. The van der Waals surface area contributed by atoms with E-state index in [1.54, 1.807) is 0 Å². The first-order chi connectivity index (χ1) is 6.24. The molecule has 0 spiro atoms. The van der Waals surface area contributed by atoms with E-state index in [0.717, 1.165) is 12.8 Å². The van der Waals surface area contributed by atoms with Gasteiger partial charge in [0, 0.05) is 0 Å². The number of terminal acetylenes is 1. The second-order valence-electron chi connectivity index (χ2n) is 3.50. The van der Waals surface area contributed by atoms with Gasteiger partial charge in [-0.3, -0.25) is 0 Å². The maximum Gasteiger partial charge on any atom is 0.107 e. The van der Waals surface area contributed by atoms with E-state index < -0.39 is 0 Å². The van der Waals surface area contributed by atoms with E-state index in [2.05, 4.69) is 25.8 Å². The van der Waals surface area contributed by atoms with Crippen LogP contribution in [0.2, 0.25) is 0 Å². The zero-order chi connectivity index (χ0) is 9.68. The molecule has 0 saturated heterocycles. The number of hydrogen-bond donors (Lipinski definition) is 0. The quantitative estimate of drug-likeness (QED) is 0.365. The average molecular weight is 176 g/mol. The molecule has 0 fully saturated rings. The molecule has 0 radical (unpaired) electrons. The molecule has 0 atom stereocenters. The molecule has 0 heterocycles. The molecule has 0 amide bonds. The van der Waals surface area contributed by atoms with Crippen LogP contribution in [0, 0.1) is 12.3 Å². The Kier molecular flexibility index (Phi) is 3.79. The molecule has 70 valence electrons. The Morgan fingerprint density at radius 1 is 1.46 bits per heavy atom. The largest absolute Gasteiger partial charge is 0.364 e. The standard InChI is InChI=1S/C12H16O/c1-4-7-13-9-12-6-5-10(2)11(3)8-12/h1,6H,5,7-9H2,2-3H3. The van der Waals surface area contributed by atoms with Crippen molar-refractivity contribution < 1.29 is 4.74 Å². The third-order valence-electron chi connectivity index (χ3n) is 2.39. The molecule has 0 aromatic rings. The molecule has 1 nitrogen and oxygen atoms in total. The fourth-order valence-electron chi connectivity index (χ4n) is 1.39. The van der Waals surface area contributed by atoms with Gasteiger partial charge in [-0.2, -0.15) is 0 Å². The van der Waals surface area contributed by atoms with Crippen molar-refractivity contribution in [3.05, 3.63) is 22.8 Å². The lowest BCUT2D eigenvalue weighted by atomic mass is 9.94. The minimum atomic E-state index is 0.416. The van der Waals surface area contributed by atoms with Crippen LogP contribution in [-0.4, -0.2) is 13.2 Å². The van der Waals surface area contributed by atoms with Crippen molar-refractivity contribution >= 4 is 0 Å². The van der Waals surface area contributed by atoms with Crippen LogP contribution in [0.1, 0.15) is 26.7 Å². The molecule has 0 N–H and O–H groups in total. The van der Waals surface area contributed by atoms with E-state index in [0.29, 0.717) is 13.2 Å². The molecule has 0 aromatic heterocycles. The van der Waals surface area contributed by atoms with Crippen molar-refractivity contribution in [2.45, 2.75) is 26.7 Å². The molecule has 0 aliphatic heterocycles. The normalized spacial score (nSPS) is 16.8. The summed E-state index contributed by atoms with van der Waals surface area (Å²) < 4.78 is 5.28. The summed E-state index contributed by atoms with van der Waals surface area (Å²) in [5, 5.41) is 0.